The van der Waals surface area contributed by atoms with Crippen molar-refractivity contribution in [2.45, 2.75) is 61.8 Å². The predicted molar refractivity (Wildman–Crippen MR) is 135 cm³/mol. The number of hydrogen-bond acceptors (Lipinski definition) is 7. The maximum atomic E-state index is 13.2. The van der Waals surface area contributed by atoms with Gasteiger partial charge in [-0.3, -0.25) is 9.59 Å². The number of ether oxygens (including phenoxy) is 2. The number of carbonyl (C=O) groups excluding carboxylic acids is 3. The minimum Gasteiger partial charge on any atom is -0.477 e. The second-order valence-electron chi connectivity index (χ2n) is 11.3. The lowest BCUT2D eigenvalue weighted by molar-refractivity contribution is -0.944. The van der Waals surface area contributed by atoms with E-state index in [0.717, 1.165) is 24.2 Å². The Kier molecular flexibility index (Phi) is 6.12. The first-order valence-electron chi connectivity index (χ1n) is 13.0. The van der Waals surface area contributed by atoms with Crippen molar-refractivity contribution in [1.82, 2.24) is 10.2 Å². The van der Waals surface area contributed by atoms with Crippen LogP contribution in [0.25, 0.3) is 0 Å². The number of Topliss-reactive ketones (excluding diaryl/α,β-unsaturated/α-hetero) is 1. The summed E-state index contributed by atoms with van der Waals surface area (Å²) in [6.07, 6.45) is 2.37. The van der Waals surface area contributed by atoms with Gasteiger partial charge in [0.05, 0.1) is 31.6 Å². The van der Waals surface area contributed by atoms with Crippen LogP contribution in [-0.2, 0) is 21.4 Å². The first-order chi connectivity index (χ1) is 17.5. The number of piperidine rings is 1. The Labute approximate surface area is 217 Å². The molecule has 37 heavy (non-hydrogen) atoms. The zero-order chi connectivity index (χ0) is 26.8. The molecule has 2 heterocycles. The van der Waals surface area contributed by atoms with Gasteiger partial charge in [-0.25, -0.2) is 4.79 Å². The van der Waals surface area contributed by atoms with Crippen LogP contribution in [0, 0.1) is 0 Å². The molecule has 10 nitrogen and oxygen atoms in total. The molecule has 0 radical (unpaired) electrons. The number of nitrogens with one attached hydrogen (secondary N) is 1. The van der Waals surface area contributed by atoms with Crippen LogP contribution < -0.4 is 20.5 Å². The first kappa shape index (κ1) is 25.7. The highest BCUT2D eigenvalue weighted by Crippen LogP contribution is 2.65. The van der Waals surface area contributed by atoms with E-state index < -0.39 is 29.3 Å². The Morgan fingerprint density at radius 2 is 2.19 bits per heavy atom. The number of aliphatic hydroxyl groups is 1. The van der Waals surface area contributed by atoms with Crippen molar-refractivity contribution in [2.24, 2.45) is 5.73 Å². The summed E-state index contributed by atoms with van der Waals surface area (Å²) in [5.41, 5.74) is 5.44. The maximum Gasteiger partial charge on any atom is 0.415 e. The molecule has 2 bridgehead atoms. The molecule has 1 saturated heterocycles. The molecule has 2 amide bonds. The van der Waals surface area contributed by atoms with Crippen LogP contribution in [0.1, 0.15) is 37.3 Å². The normalized spacial score (nSPS) is 33.6. The first-order valence-corrected chi connectivity index (χ1v) is 13.0. The molecular formula is C27H37N4O6+. The lowest BCUT2D eigenvalue weighted by Gasteiger charge is -2.64. The Bertz CT molecular complexity index is 1170. The minimum atomic E-state index is -1.11. The highest BCUT2D eigenvalue weighted by atomic mass is 16.6. The lowest BCUT2D eigenvalue weighted by Crippen LogP contribution is -2.80. The standard InChI is InChI=1S/C27H36N4O6/c1-5-13-31(4)14-10-26-21-17-6-7-19(36-25(34)30(3)12-11-29-24(33)16(2)28)22(21)37-23(26)18(32)8-9-27(26,35)20(31)15-17/h5-7,16,20,23,35H,1,8-15,28H2,2-4H3/p+1/t16-,20+,23-,26-,27+,31?/m0/s1. The third kappa shape index (κ3) is 3.60. The maximum absolute atomic E-state index is 13.2. The molecule has 6 atom stereocenters. The number of nitrogens with zero attached hydrogens (tertiary/aromatic N) is 2. The van der Waals surface area contributed by atoms with Crippen LogP contribution in [0.2, 0.25) is 0 Å². The molecule has 1 aromatic rings. The molecule has 10 heteroatoms. The summed E-state index contributed by atoms with van der Waals surface area (Å²) < 4.78 is 12.7. The lowest BCUT2D eigenvalue weighted by atomic mass is 9.48. The van der Waals surface area contributed by atoms with Crippen molar-refractivity contribution in [3.8, 4) is 11.5 Å². The molecule has 1 spiro atoms. The molecular weight excluding hydrogens is 476 g/mol. The molecule has 4 aliphatic rings. The van der Waals surface area contributed by atoms with E-state index in [4.69, 9.17) is 15.2 Å². The molecule has 1 saturated carbocycles. The predicted octanol–water partition coefficient (Wildman–Crippen LogP) is 0.634. The van der Waals surface area contributed by atoms with E-state index in [9.17, 15) is 19.5 Å². The summed E-state index contributed by atoms with van der Waals surface area (Å²) in [6, 6.07) is 2.93. The second kappa shape index (κ2) is 8.82. The molecule has 200 valence electrons. The quantitative estimate of drug-likeness (QED) is 0.360. The number of nitrogens with two attached hydrogens (primary N) is 1. The number of rotatable bonds is 7. The summed E-state index contributed by atoms with van der Waals surface area (Å²) in [4.78, 5) is 39.1. The van der Waals surface area contributed by atoms with Crippen molar-refractivity contribution >= 4 is 17.8 Å². The van der Waals surface area contributed by atoms with E-state index in [1.54, 1.807) is 20.0 Å². The fraction of sp³-hybridized carbons (Fsp3) is 0.593. The molecule has 5 rings (SSSR count). The number of likely N-dealkylation sites (tertiary alicyclic amines) is 1. The minimum absolute atomic E-state index is 0.0217. The zero-order valence-corrected chi connectivity index (χ0v) is 21.8. The third-order valence-electron chi connectivity index (χ3n) is 9.10. The van der Waals surface area contributed by atoms with Crippen LogP contribution in [0.5, 0.6) is 11.5 Å². The van der Waals surface area contributed by atoms with Gasteiger partial charge in [0, 0.05) is 45.0 Å². The molecule has 0 aromatic heterocycles. The monoisotopic (exact) mass is 513 g/mol. The van der Waals surface area contributed by atoms with Gasteiger partial charge >= 0.3 is 6.09 Å². The average molecular weight is 514 g/mol. The van der Waals surface area contributed by atoms with E-state index in [0.29, 0.717) is 29.5 Å². The topological polar surface area (TPSA) is 131 Å². The molecule has 2 aliphatic heterocycles. The summed E-state index contributed by atoms with van der Waals surface area (Å²) in [5, 5.41) is 15.1. The smallest absolute Gasteiger partial charge is 0.415 e. The van der Waals surface area contributed by atoms with Gasteiger partial charge in [-0.15, -0.1) is 0 Å². The van der Waals surface area contributed by atoms with Crippen LogP contribution in [0.15, 0.2) is 24.8 Å². The SMILES string of the molecule is C=CC[N+]1(C)CC[C@]23c4c5ccc(OC(=O)N(C)CCNC(=O)[C@H](C)N)c4O[C@H]2C(=O)CC[C@@]3(O)[C@H]1C5. The van der Waals surface area contributed by atoms with Gasteiger partial charge < -0.3 is 35.0 Å². The van der Waals surface area contributed by atoms with E-state index in [-0.39, 0.29) is 43.0 Å². The number of likely N-dealkylation sites (N-methyl/N-ethyl adjacent to an activating group) is 2. The second-order valence-corrected chi connectivity index (χ2v) is 11.3. The van der Waals surface area contributed by atoms with E-state index in [1.165, 1.54) is 4.90 Å². The van der Waals surface area contributed by atoms with Gasteiger partial charge in [0.15, 0.2) is 23.4 Å². The molecule has 4 N–H and O–H groups in total. The summed E-state index contributed by atoms with van der Waals surface area (Å²) in [5.74, 6) is 0.306. The summed E-state index contributed by atoms with van der Waals surface area (Å²) >= 11 is 0. The van der Waals surface area contributed by atoms with Crippen molar-refractivity contribution in [1.29, 1.82) is 0 Å². The average Bonchev–Trinajstić information content (AvgIpc) is 3.21. The molecule has 1 aromatic carbocycles. The van der Waals surface area contributed by atoms with Crippen LogP contribution in [-0.4, -0.2) is 96.3 Å². The van der Waals surface area contributed by atoms with Crippen molar-refractivity contribution in [2.75, 3.05) is 40.3 Å². The van der Waals surface area contributed by atoms with E-state index >= 15 is 0 Å². The van der Waals surface area contributed by atoms with Crippen molar-refractivity contribution in [3.05, 3.63) is 35.9 Å². The van der Waals surface area contributed by atoms with Gasteiger partial charge in [-0.1, -0.05) is 12.6 Å². The van der Waals surface area contributed by atoms with Crippen molar-refractivity contribution in [3.63, 3.8) is 0 Å². The number of carbonyl (C=O) groups is 3. The van der Waals surface area contributed by atoms with Gasteiger partial charge in [0.2, 0.25) is 5.91 Å². The largest absolute Gasteiger partial charge is 0.477 e. The Morgan fingerprint density at radius 1 is 1.43 bits per heavy atom. The van der Waals surface area contributed by atoms with Crippen LogP contribution in [0.4, 0.5) is 4.79 Å². The number of amides is 2. The highest BCUT2D eigenvalue weighted by Gasteiger charge is 2.76. The third-order valence-corrected chi connectivity index (χ3v) is 9.10. The number of hydrogen-bond donors (Lipinski definition) is 3. The van der Waals surface area contributed by atoms with Gasteiger partial charge in [0.25, 0.3) is 0 Å². The van der Waals surface area contributed by atoms with Gasteiger partial charge in [-0.2, -0.15) is 0 Å². The molecule has 2 fully saturated rings. The van der Waals surface area contributed by atoms with Crippen LogP contribution in [0.3, 0.4) is 0 Å². The van der Waals surface area contributed by atoms with E-state index in [2.05, 4.69) is 18.9 Å². The number of ketones is 1. The highest BCUT2D eigenvalue weighted by molar-refractivity contribution is 5.90. The Balaban J connectivity index is 1.46. The fourth-order valence-corrected chi connectivity index (χ4v) is 7.18. The number of quaternary nitrogens is 1. The number of benzene rings is 1. The fourth-order valence-electron chi connectivity index (χ4n) is 7.18. The summed E-state index contributed by atoms with van der Waals surface area (Å²) in [6.45, 7) is 7.51. The Hall–Kier alpha value is -2.95. The van der Waals surface area contributed by atoms with Crippen LogP contribution >= 0.6 is 0 Å². The molecule has 1 unspecified atom stereocenters. The van der Waals surface area contributed by atoms with Gasteiger partial charge in [0.1, 0.15) is 11.6 Å². The molecule has 2 aliphatic carbocycles. The Morgan fingerprint density at radius 3 is 2.89 bits per heavy atom. The van der Waals surface area contributed by atoms with Crippen molar-refractivity contribution < 1.29 is 33.4 Å². The van der Waals surface area contributed by atoms with Gasteiger partial charge in [-0.05, 0) is 31.1 Å². The zero-order valence-electron chi connectivity index (χ0n) is 21.8. The summed E-state index contributed by atoms with van der Waals surface area (Å²) in [7, 11) is 3.73. The van der Waals surface area contributed by atoms with E-state index in [1.807, 2.05) is 12.1 Å².